The summed E-state index contributed by atoms with van der Waals surface area (Å²) in [6.07, 6.45) is 4.56. The van der Waals surface area contributed by atoms with Gasteiger partial charge in [0.25, 0.3) is 0 Å². The molecular formula is C22H24N2O5. The van der Waals surface area contributed by atoms with Gasteiger partial charge in [-0.2, -0.15) is 0 Å². The molecule has 1 fully saturated rings. The zero-order valence-corrected chi connectivity index (χ0v) is 16.7. The van der Waals surface area contributed by atoms with E-state index in [9.17, 15) is 9.59 Å². The molecule has 0 bridgehead atoms. The van der Waals surface area contributed by atoms with Gasteiger partial charge in [0.2, 0.25) is 17.6 Å². The van der Waals surface area contributed by atoms with Crippen LogP contribution in [0.4, 0.5) is 11.4 Å². The first-order valence-corrected chi connectivity index (χ1v) is 9.25. The van der Waals surface area contributed by atoms with E-state index < -0.39 is 0 Å². The second-order valence-corrected chi connectivity index (χ2v) is 6.48. The van der Waals surface area contributed by atoms with Gasteiger partial charge >= 0.3 is 0 Å². The number of nitrogens with zero attached hydrogens (tertiary/aromatic N) is 1. The molecule has 1 aliphatic rings. The maximum absolute atomic E-state index is 12.3. The van der Waals surface area contributed by atoms with Gasteiger partial charge in [-0.15, -0.1) is 0 Å². The number of carbonyl (C=O) groups is 2. The molecule has 0 unspecified atom stereocenters. The van der Waals surface area contributed by atoms with Crippen LogP contribution in [0.2, 0.25) is 0 Å². The fraction of sp³-hybridized carbons (Fsp3) is 0.273. The summed E-state index contributed by atoms with van der Waals surface area (Å²) in [7, 11) is 4.61. The van der Waals surface area contributed by atoms with E-state index in [1.165, 1.54) is 27.4 Å². The lowest BCUT2D eigenvalue weighted by Gasteiger charge is -2.15. The molecule has 7 heteroatoms. The number of hydrogen-bond donors (Lipinski definition) is 1. The molecule has 1 aliphatic heterocycles. The lowest BCUT2D eigenvalue weighted by Crippen LogP contribution is -2.23. The molecule has 7 nitrogen and oxygen atoms in total. The van der Waals surface area contributed by atoms with Crippen LogP contribution in [-0.4, -0.2) is 39.7 Å². The normalized spacial score (nSPS) is 13.6. The van der Waals surface area contributed by atoms with E-state index >= 15 is 0 Å². The highest BCUT2D eigenvalue weighted by molar-refractivity contribution is 6.02. The van der Waals surface area contributed by atoms with Gasteiger partial charge in [0, 0.05) is 30.4 Å². The molecule has 0 spiro atoms. The second-order valence-electron chi connectivity index (χ2n) is 6.48. The van der Waals surface area contributed by atoms with Crippen molar-refractivity contribution in [2.45, 2.75) is 12.8 Å². The van der Waals surface area contributed by atoms with Gasteiger partial charge in [-0.25, -0.2) is 0 Å². The molecule has 1 N–H and O–H groups in total. The van der Waals surface area contributed by atoms with Crippen molar-refractivity contribution in [2.24, 2.45) is 0 Å². The van der Waals surface area contributed by atoms with Crippen LogP contribution in [0, 0.1) is 0 Å². The number of ether oxygens (including phenoxy) is 3. The Morgan fingerprint density at radius 3 is 2.21 bits per heavy atom. The molecule has 1 heterocycles. The molecule has 0 radical (unpaired) electrons. The summed E-state index contributed by atoms with van der Waals surface area (Å²) in [5.41, 5.74) is 2.23. The van der Waals surface area contributed by atoms with Gasteiger partial charge in [-0.3, -0.25) is 9.59 Å². The van der Waals surface area contributed by atoms with E-state index in [0.717, 1.165) is 24.2 Å². The van der Waals surface area contributed by atoms with Gasteiger partial charge in [-0.05, 0) is 54.5 Å². The Balaban J connectivity index is 1.67. The van der Waals surface area contributed by atoms with Crippen molar-refractivity contribution in [1.82, 2.24) is 0 Å². The lowest BCUT2D eigenvalue weighted by molar-refractivity contribution is -0.117. The number of anilines is 2. The van der Waals surface area contributed by atoms with Crippen molar-refractivity contribution >= 4 is 29.3 Å². The molecule has 2 aromatic carbocycles. The molecule has 1 saturated heterocycles. The first-order chi connectivity index (χ1) is 14.0. The Labute approximate surface area is 169 Å². The summed E-state index contributed by atoms with van der Waals surface area (Å²) >= 11 is 0. The average molecular weight is 396 g/mol. The largest absolute Gasteiger partial charge is 0.493 e. The number of carbonyl (C=O) groups excluding carboxylic acids is 2. The fourth-order valence-corrected chi connectivity index (χ4v) is 3.20. The van der Waals surface area contributed by atoms with E-state index in [1.54, 1.807) is 35.2 Å². The van der Waals surface area contributed by atoms with Crippen LogP contribution in [0.25, 0.3) is 6.08 Å². The van der Waals surface area contributed by atoms with Crippen molar-refractivity contribution in [1.29, 1.82) is 0 Å². The molecule has 152 valence electrons. The van der Waals surface area contributed by atoms with Crippen LogP contribution in [0.5, 0.6) is 17.2 Å². The van der Waals surface area contributed by atoms with Crippen LogP contribution >= 0.6 is 0 Å². The monoisotopic (exact) mass is 396 g/mol. The van der Waals surface area contributed by atoms with E-state index in [2.05, 4.69) is 5.32 Å². The maximum atomic E-state index is 12.3. The van der Waals surface area contributed by atoms with Crippen LogP contribution in [0.15, 0.2) is 42.5 Å². The van der Waals surface area contributed by atoms with E-state index in [-0.39, 0.29) is 11.8 Å². The third-order valence-corrected chi connectivity index (χ3v) is 4.63. The number of nitrogens with one attached hydrogen (secondary N) is 1. The minimum atomic E-state index is -0.274. The van der Waals surface area contributed by atoms with Crippen molar-refractivity contribution in [3.05, 3.63) is 48.0 Å². The van der Waals surface area contributed by atoms with Crippen LogP contribution in [0.3, 0.4) is 0 Å². The number of hydrogen-bond acceptors (Lipinski definition) is 5. The Morgan fingerprint density at radius 1 is 1.03 bits per heavy atom. The van der Waals surface area contributed by atoms with Crippen molar-refractivity contribution in [2.75, 3.05) is 38.1 Å². The molecule has 2 amide bonds. The molecule has 3 rings (SSSR count). The predicted octanol–water partition coefficient (Wildman–Crippen LogP) is 3.49. The fourth-order valence-electron chi connectivity index (χ4n) is 3.20. The van der Waals surface area contributed by atoms with Crippen LogP contribution < -0.4 is 24.4 Å². The lowest BCUT2D eigenvalue weighted by atomic mass is 10.1. The molecule has 0 aliphatic carbocycles. The van der Waals surface area contributed by atoms with Gasteiger partial charge in [0.1, 0.15) is 0 Å². The summed E-state index contributed by atoms with van der Waals surface area (Å²) in [5.74, 6) is 1.38. The van der Waals surface area contributed by atoms with Gasteiger partial charge in [0.05, 0.1) is 21.3 Å². The summed E-state index contributed by atoms with van der Waals surface area (Å²) in [4.78, 5) is 25.8. The topological polar surface area (TPSA) is 77.1 Å². The Bertz CT molecular complexity index is 896. The molecule has 0 saturated carbocycles. The first-order valence-electron chi connectivity index (χ1n) is 9.25. The zero-order valence-electron chi connectivity index (χ0n) is 16.7. The van der Waals surface area contributed by atoms with Crippen LogP contribution in [0.1, 0.15) is 18.4 Å². The molecule has 0 aromatic heterocycles. The summed E-state index contributed by atoms with van der Waals surface area (Å²) in [5, 5.41) is 2.80. The molecule has 29 heavy (non-hydrogen) atoms. The molecule has 2 aromatic rings. The van der Waals surface area contributed by atoms with Gasteiger partial charge in [-0.1, -0.05) is 0 Å². The van der Waals surface area contributed by atoms with Gasteiger partial charge in [0.15, 0.2) is 11.5 Å². The zero-order chi connectivity index (χ0) is 20.8. The van der Waals surface area contributed by atoms with E-state index in [0.29, 0.717) is 29.4 Å². The number of methoxy groups -OCH3 is 3. The van der Waals surface area contributed by atoms with E-state index in [1.807, 2.05) is 12.1 Å². The van der Waals surface area contributed by atoms with Crippen molar-refractivity contribution in [3.8, 4) is 17.2 Å². The maximum Gasteiger partial charge on any atom is 0.248 e. The minimum absolute atomic E-state index is 0.134. The van der Waals surface area contributed by atoms with Crippen LogP contribution in [-0.2, 0) is 9.59 Å². The Morgan fingerprint density at radius 2 is 1.69 bits per heavy atom. The third-order valence-electron chi connectivity index (χ3n) is 4.63. The average Bonchev–Trinajstić information content (AvgIpc) is 3.17. The SMILES string of the molecule is COc1cc(/C=C/C(=O)Nc2ccc(N3CCCC3=O)cc2)cc(OC)c1OC. The third kappa shape index (κ3) is 4.68. The Hall–Kier alpha value is -3.48. The number of amides is 2. The number of rotatable bonds is 7. The number of benzene rings is 2. The summed E-state index contributed by atoms with van der Waals surface area (Å²) < 4.78 is 15.9. The predicted molar refractivity (Wildman–Crippen MR) is 112 cm³/mol. The standard InChI is InChI=1S/C22H24N2O5/c1-27-18-13-15(14-19(28-2)22(18)29-3)6-11-20(25)23-16-7-9-17(10-8-16)24-12-4-5-21(24)26/h6-11,13-14H,4-5,12H2,1-3H3,(H,23,25)/b11-6+. The minimum Gasteiger partial charge on any atom is -0.493 e. The van der Waals surface area contributed by atoms with Crippen molar-refractivity contribution < 1.29 is 23.8 Å². The quantitative estimate of drug-likeness (QED) is 0.725. The summed E-state index contributed by atoms with van der Waals surface area (Å²) in [6.45, 7) is 0.738. The van der Waals surface area contributed by atoms with Crippen molar-refractivity contribution in [3.63, 3.8) is 0 Å². The Kier molecular flexibility index (Phi) is 6.39. The summed E-state index contributed by atoms with van der Waals surface area (Å²) in [6, 6.07) is 10.8. The van der Waals surface area contributed by atoms with E-state index in [4.69, 9.17) is 14.2 Å². The smallest absolute Gasteiger partial charge is 0.248 e. The molecule has 0 atom stereocenters. The highest BCUT2D eigenvalue weighted by Gasteiger charge is 2.21. The highest BCUT2D eigenvalue weighted by atomic mass is 16.5. The molecular weight excluding hydrogens is 372 g/mol. The highest BCUT2D eigenvalue weighted by Crippen LogP contribution is 2.38. The second kappa shape index (κ2) is 9.14. The first kappa shape index (κ1) is 20.3. The van der Waals surface area contributed by atoms with Gasteiger partial charge < -0.3 is 24.4 Å².